The second kappa shape index (κ2) is 7.57. The topological polar surface area (TPSA) is 46.3 Å². The van der Waals surface area contributed by atoms with Crippen LogP contribution in [0.1, 0.15) is 37.5 Å². The third kappa shape index (κ3) is 4.57. The number of carbonyl (C=O) groups excluding carboxylic acids is 1. The molecule has 0 saturated carbocycles. The van der Waals surface area contributed by atoms with Crippen molar-refractivity contribution >= 4 is 33.2 Å². The number of nitrogens with zero attached hydrogens (tertiary/aromatic N) is 1. The third-order valence-electron chi connectivity index (χ3n) is 4.00. The summed E-state index contributed by atoms with van der Waals surface area (Å²) >= 11 is 5.22. The molecule has 2 atom stereocenters. The third-order valence-corrected chi connectivity index (χ3v) is 5.68. The van der Waals surface area contributed by atoms with Gasteiger partial charge >= 0.3 is 0 Å². The lowest BCUT2D eigenvalue weighted by molar-refractivity contribution is -0.133. The SMILES string of the molecule is CC(N)C1CCCN(C(=O)CCCc2ccc(Br)s2)C1. The van der Waals surface area contributed by atoms with Crippen LogP contribution in [0.3, 0.4) is 0 Å². The van der Waals surface area contributed by atoms with Gasteiger partial charge in [0.05, 0.1) is 3.79 Å². The molecule has 3 nitrogen and oxygen atoms in total. The smallest absolute Gasteiger partial charge is 0.222 e. The minimum Gasteiger partial charge on any atom is -0.342 e. The minimum atomic E-state index is 0.189. The molecule has 1 aliphatic rings. The lowest BCUT2D eigenvalue weighted by atomic mass is 9.92. The standard InChI is InChI=1S/C15H23BrN2OS/c1-11(17)12-4-3-9-18(10-12)15(19)6-2-5-13-7-8-14(16)20-13/h7-8,11-12H,2-6,9-10,17H2,1H3. The van der Waals surface area contributed by atoms with E-state index in [0.717, 1.165) is 42.6 Å². The first-order valence-corrected chi connectivity index (χ1v) is 8.95. The zero-order valence-corrected chi connectivity index (χ0v) is 14.4. The van der Waals surface area contributed by atoms with E-state index in [1.807, 2.05) is 11.8 Å². The molecule has 2 N–H and O–H groups in total. The van der Waals surface area contributed by atoms with E-state index in [1.165, 1.54) is 4.88 Å². The molecule has 2 unspecified atom stereocenters. The van der Waals surface area contributed by atoms with Crippen LogP contribution in [-0.2, 0) is 11.2 Å². The average Bonchev–Trinajstić information content (AvgIpc) is 2.84. The molecule has 0 radical (unpaired) electrons. The molecule has 1 aromatic heterocycles. The van der Waals surface area contributed by atoms with Crippen molar-refractivity contribution in [1.82, 2.24) is 4.90 Å². The van der Waals surface area contributed by atoms with Crippen molar-refractivity contribution < 1.29 is 4.79 Å². The Bertz CT molecular complexity index is 447. The number of piperidine rings is 1. The number of hydrogen-bond acceptors (Lipinski definition) is 3. The van der Waals surface area contributed by atoms with E-state index in [1.54, 1.807) is 11.3 Å². The van der Waals surface area contributed by atoms with Crippen LogP contribution in [0, 0.1) is 5.92 Å². The van der Waals surface area contributed by atoms with Gasteiger partial charge in [-0.05, 0) is 66.6 Å². The number of thiophene rings is 1. The maximum absolute atomic E-state index is 12.2. The molecule has 2 heterocycles. The minimum absolute atomic E-state index is 0.189. The van der Waals surface area contributed by atoms with Crippen LogP contribution in [0.25, 0.3) is 0 Å². The van der Waals surface area contributed by atoms with Crippen molar-refractivity contribution in [2.45, 2.75) is 45.1 Å². The molecule has 1 aromatic rings. The number of halogens is 1. The second-order valence-corrected chi connectivity index (χ2v) is 8.21. The van der Waals surface area contributed by atoms with Gasteiger partial charge < -0.3 is 10.6 Å². The Morgan fingerprint density at radius 1 is 1.60 bits per heavy atom. The Balaban J connectivity index is 1.74. The van der Waals surface area contributed by atoms with Crippen molar-refractivity contribution in [2.75, 3.05) is 13.1 Å². The van der Waals surface area contributed by atoms with Crippen LogP contribution < -0.4 is 5.73 Å². The fourth-order valence-corrected chi connectivity index (χ4v) is 4.25. The average molecular weight is 359 g/mol. The highest BCUT2D eigenvalue weighted by atomic mass is 79.9. The van der Waals surface area contributed by atoms with Crippen molar-refractivity contribution in [2.24, 2.45) is 11.7 Å². The van der Waals surface area contributed by atoms with Gasteiger partial charge in [0.25, 0.3) is 0 Å². The zero-order chi connectivity index (χ0) is 14.5. The molecule has 5 heteroatoms. The number of likely N-dealkylation sites (tertiary alicyclic amines) is 1. The van der Waals surface area contributed by atoms with E-state index < -0.39 is 0 Å². The Hall–Kier alpha value is -0.390. The van der Waals surface area contributed by atoms with Gasteiger partial charge in [0, 0.05) is 30.4 Å². The van der Waals surface area contributed by atoms with Crippen molar-refractivity contribution in [1.29, 1.82) is 0 Å². The van der Waals surface area contributed by atoms with Gasteiger partial charge in [-0.25, -0.2) is 0 Å². The summed E-state index contributed by atoms with van der Waals surface area (Å²) in [5, 5.41) is 0. The predicted octanol–water partition coefficient (Wildman–Crippen LogP) is 3.42. The summed E-state index contributed by atoms with van der Waals surface area (Å²) in [5.41, 5.74) is 5.97. The van der Waals surface area contributed by atoms with E-state index in [-0.39, 0.29) is 6.04 Å². The summed E-state index contributed by atoms with van der Waals surface area (Å²) in [6.07, 6.45) is 4.83. The Morgan fingerprint density at radius 3 is 3.05 bits per heavy atom. The Morgan fingerprint density at radius 2 is 2.40 bits per heavy atom. The van der Waals surface area contributed by atoms with Gasteiger partial charge in [0.1, 0.15) is 0 Å². The summed E-state index contributed by atoms with van der Waals surface area (Å²) in [7, 11) is 0. The lowest BCUT2D eigenvalue weighted by Crippen LogP contribution is -2.45. The maximum atomic E-state index is 12.2. The first-order valence-electron chi connectivity index (χ1n) is 7.34. The summed E-state index contributed by atoms with van der Waals surface area (Å²) in [6, 6.07) is 4.39. The quantitative estimate of drug-likeness (QED) is 0.876. The van der Waals surface area contributed by atoms with Crippen LogP contribution in [0.4, 0.5) is 0 Å². The van der Waals surface area contributed by atoms with Crippen LogP contribution in [0.2, 0.25) is 0 Å². The predicted molar refractivity (Wildman–Crippen MR) is 87.9 cm³/mol. The molecular weight excluding hydrogens is 336 g/mol. The molecule has 1 saturated heterocycles. The Kier molecular flexibility index (Phi) is 6.05. The van der Waals surface area contributed by atoms with E-state index >= 15 is 0 Å². The van der Waals surface area contributed by atoms with Gasteiger partial charge in [-0.15, -0.1) is 11.3 Å². The summed E-state index contributed by atoms with van der Waals surface area (Å²) < 4.78 is 1.16. The van der Waals surface area contributed by atoms with Gasteiger partial charge in [0.15, 0.2) is 0 Å². The van der Waals surface area contributed by atoms with E-state index in [4.69, 9.17) is 5.73 Å². The normalized spacial score (nSPS) is 20.9. The largest absolute Gasteiger partial charge is 0.342 e. The number of hydrogen-bond donors (Lipinski definition) is 1. The highest BCUT2D eigenvalue weighted by molar-refractivity contribution is 9.11. The van der Waals surface area contributed by atoms with E-state index in [0.29, 0.717) is 18.2 Å². The molecule has 0 spiro atoms. The molecule has 0 bridgehead atoms. The molecule has 2 rings (SSSR count). The van der Waals surface area contributed by atoms with Crippen molar-refractivity contribution in [3.05, 3.63) is 20.8 Å². The Labute approximate surface area is 133 Å². The number of nitrogens with two attached hydrogens (primary N) is 1. The summed E-state index contributed by atoms with van der Waals surface area (Å²) in [5.74, 6) is 0.770. The van der Waals surface area contributed by atoms with E-state index in [9.17, 15) is 4.79 Å². The molecule has 1 fully saturated rings. The van der Waals surface area contributed by atoms with Crippen LogP contribution in [0.5, 0.6) is 0 Å². The lowest BCUT2D eigenvalue weighted by Gasteiger charge is -2.34. The zero-order valence-electron chi connectivity index (χ0n) is 12.0. The molecule has 1 amide bonds. The van der Waals surface area contributed by atoms with Crippen molar-refractivity contribution in [3.63, 3.8) is 0 Å². The highest BCUT2D eigenvalue weighted by Crippen LogP contribution is 2.24. The van der Waals surface area contributed by atoms with Gasteiger partial charge in [-0.1, -0.05) is 0 Å². The van der Waals surface area contributed by atoms with Gasteiger partial charge in [0.2, 0.25) is 5.91 Å². The first-order chi connectivity index (χ1) is 9.56. The fourth-order valence-electron chi connectivity index (χ4n) is 2.72. The number of amides is 1. The van der Waals surface area contributed by atoms with Crippen molar-refractivity contribution in [3.8, 4) is 0 Å². The molecule has 20 heavy (non-hydrogen) atoms. The summed E-state index contributed by atoms with van der Waals surface area (Å²) in [4.78, 5) is 15.6. The number of rotatable bonds is 5. The molecule has 0 aliphatic carbocycles. The maximum Gasteiger partial charge on any atom is 0.222 e. The van der Waals surface area contributed by atoms with Crippen LogP contribution in [0.15, 0.2) is 15.9 Å². The molecule has 1 aliphatic heterocycles. The monoisotopic (exact) mass is 358 g/mol. The number of carbonyl (C=O) groups is 1. The molecular formula is C15H23BrN2OS. The fraction of sp³-hybridized carbons (Fsp3) is 0.667. The molecule has 0 aromatic carbocycles. The second-order valence-electron chi connectivity index (χ2n) is 5.66. The summed E-state index contributed by atoms with van der Waals surface area (Å²) in [6.45, 7) is 3.81. The molecule has 112 valence electrons. The van der Waals surface area contributed by atoms with Gasteiger partial charge in [-0.2, -0.15) is 0 Å². The number of aryl methyl sites for hydroxylation is 1. The first kappa shape index (κ1) is 16.0. The van der Waals surface area contributed by atoms with Crippen LogP contribution >= 0.6 is 27.3 Å². The van der Waals surface area contributed by atoms with Crippen LogP contribution in [-0.4, -0.2) is 29.9 Å². The highest BCUT2D eigenvalue weighted by Gasteiger charge is 2.25. The van der Waals surface area contributed by atoms with Gasteiger partial charge in [-0.3, -0.25) is 4.79 Å². The van der Waals surface area contributed by atoms with E-state index in [2.05, 4.69) is 28.1 Å².